The Morgan fingerprint density at radius 2 is 2.00 bits per heavy atom. The van der Waals surface area contributed by atoms with Crippen LogP contribution >= 0.6 is 0 Å². The zero-order valence-electron chi connectivity index (χ0n) is 10.4. The van der Waals surface area contributed by atoms with E-state index in [9.17, 15) is 0 Å². The third kappa shape index (κ3) is 2.32. The number of nitrogens with two attached hydrogens (primary N) is 1. The molecule has 5 heteroatoms. The number of fused-ring (bicyclic) bond motifs is 1. The third-order valence-corrected chi connectivity index (χ3v) is 2.94. The zero-order valence-corrected chi connectivity index (χ0v) is 10.4. The van der Waals surface area contributed by atoms with Crippen LogP contribution in [0.15, 0.2) is 40.9 Å². The van der Waals surface area contributed by atoms with Gasteiger partial charge in [-0.15, -0.1) is 10.2 Å². The van der Waals surface area contributed by atoms with Gasteiger partial charge in [-0.2, -0.15) is 0 Å². The zero-order chi connectivity index (χ0) is 13.1. The van der Waals surface area contributed by atoms with Crippen LogP contribution in [0.5, 0.6) is 0 Å². The molecule has 0 fully saturated rings. The molecule has 0 saturated heterocycles. The monoisotopic (exact) mass is 254 g/mol. The lowest BCUT2D eigenvalue weighted by molar-refractivity contribution is 0.498. The van der Waals surface area contributed by atoms with Gasteiger partial charge in [-0.05, 0) is 24.4 Å². The predicted molar refractivity (Wildman–Crippen MR) is 72.4 cm³/mol. The minimum Gasteiger partial charge on any atom is -0.419 e. The molecule has 0 spiro atoms. The van der Waals surface area contributed by atoms with Crippen molar-refractivity contribution in [1.82, 2.24) is 15.2 Å². The Bertz CT molecular complexity index is 687. The third-order valence-electron chi connectivity index (χ3n) is 2.94. The van der Waals surface area contributed by atoms with Gasteiger partial charge in [0.1, 0.15) is 5.69 Å². The van der Waals surface area contributed by atoms with Crippen molar-refractivity contribution in [1.29, 1.82) is 0 Å². The Balaban J connectivity index is 2.02. The van der Waals surface area contributed by atoms with E-state index in [1.807, 2.05) is 30.3 Å². The molecule has 5 nitrogen and oxygen atoms in total. The Kier molecular flexibility index (Phi) is 3.20. The highest BCUT2D eigenvalue weighted by atomic mass is 16.4. The molecule has 0 aliphatic heterocycles. The Labute approximate surface area is 110 Å². The highest BCUT2D eigenvalue weighted by molar-refractivity contribution is 5.92. The number of pyridine rings is 1. The maximum absolute atomic E-state index is 5.64. The van der Waals surface area contributed by atoms with Crippen LogP contribution in [0.4, 0.5) is 0 Å². The first-order chi connectivity index (χ1) is 9.38. The number of nitrogens with zero attached hydrogens (tertiary/aromatic N) is 3. The highest BCUT2D eigenvalue weighted by Gasteiger charge is 2.12. The van der Waals surface area contributed by atoms with Crippen LogP contribution in [0.3, 0.4) is 0 Å². The summed E-state index contributed by atoms with van der Waals surface area (Å²) in [5.41, 5.74) is 6.19. The molecule has 2 aromatic heterocycles. The van der Waals surface area contributed by atoms with E-state index in [2.05, 4.69) is 15.2 Å². The highest BCUT2D eigenvalue weighted by Crippen LogP contribution is 2.25. The summed E-state index contributed by atoms with van der Waals surface area (Å²) in [5.74, 6) is 1.07. The summed E-state index contributed by atoms with van der Waals surface area (Å²) in [5, 5.41) is 10.2. The van der Waals surface area contributed by atoms with Crippen molar-refractivity contribution in [3.63, 3.8) is 0 Å². The van der Waals surface area contributed by atoms with E-state index in [0.717, 1.165) is 22.9 Å². The fraction of sp³-hybridized carbons (Fsp3) is 0.214. The summed E-state index contributed by atoms with van der Waals surface area (Å²) in [4.78, 5) is 4.35. The van der Waals surface area contributed by atoms with Gasteiger partial charge in [0.2, 0.25) is 5.89 Å². The first-order valence-corrected chi connectivity index (χ1v) is 6.25. The number of rotatable bonds is 4. The Morgan fingerprint density at radius 3 is 2.89 bits per heavy atom. The van der Waals surface area contributed by atoms with Crippen molar-refractivity contribution >= 4 is 10.8 Å². The first kappa shape index (κ1) is 11.8. The van der Waals surface area contributed by atoms with Crippen molar-refractivity contribution < 1.29 is 4.42 Å². The number of benzene rings is 1. The van der Waals surface area contributed by atoms with E-state index in [0.29, 0.717) is 24.7 Å². The van der Waals surface area contributed by atoms with Gasteiger partial charge in [-0.1, -0.05) is 24.3 Å². The lowest BCUT2D eigenvalue weighted by atomic mass is 10.1. The molecular weight excluding hydrogens is 240 g/mol. The fourth-order valence-corrected chi connectivity index (χ4v) is 1.99. The topological polar surface area (TPSA) is 77.8 Å². The molecule has 0 unspecified atom stereocenters. The lowest BCUT2D eigenvalue weighted by Gasteiger charge is -2.00. The van der Waals surface area contributed by atoms with Gasteiger partial charge in [-0.25, -0.2) is 0 Å². The van der Waals surface area contributed by atoms with Crippen LogP contribution in [0.25, 0.3) is 22.4 Å². The lowest BCUT2D eigenvalue weighted by Crippen LogP contribution is -2.00. The van der Waals surface area contributed by atoms with Gasteiger partial charge in [-0.3, -0.25) is 4.98 Å². The van der Waals surface area contributed by atoms with Gasteiger partial charge in [0, 0.05) is 18.0 Å². The molecular formula is C14H14N4O. The molecule has 0 aliphatic carbocycles. The molecule has 1 aromatic carbocycles. The van der Waals surface area contributed by atoms with Crippen molar-refractivity contribution in [2.24, 2.45) is 5.73 Å². The van der Waals surface area contributed by atoms with Crippen molar-refractivity contribution in [3.05, 3.63) is 42.4 Å². The minimum atomic E-state index is 0.462. The molecule has 0 radical (unpaired) electrons. The van der Waals surface area contributed by atoms with Gasteiger partial charge in [0.05, 0.1) is 0 Å². The molecule has 0 aliphatic rings. The summed E-state index contributed by atoms with van der Waals surface area (Å²) in [6.45, 7) is 0.615. The molecule has 2 N–H and O–H groups in total. The van der Waals surface area contributed by atoms with Gasteiger partial charge in [0.15, 0.2) is 0 Å². The summed E-state index contributed by atoms with van der Waals surface area (Å²) < 4.78 is 5.64. The standard InChI is InChI=1S/C14H14N4O/c15-8-3-6-12-17-18-14(19-12)13-11-5-2-1-4-10(11)7-9-16-13/h1-2,4-5,7,9H,3,6,8,15H2. The van der Waals surface area contributed by atoms with Gasteiger partial charge >= 0.3 is 0 Å². The van der Waals surface area contributed by atoms with E-state index in [4.69, 9.17) is 10.2 Å². The maximum Gasteiger partial charge on any atom is 0.266 e. The second-order valence-corrected chi connectivity index (χ2v) is 4.27. The second kappa shape index (κ2) is 5.16. The summed E-state index contributed by atoms with van der Waals surface area (Å²) in [6, 6.07) is 9.96. The minimum absolute atomic E-state index is 0.462. The molecule has 96 valence electrons. The van der Waals surface area contributed by atoms with E-state index in [-0.39, 0.29) is 0 Å². The summed E-state index contributed by atoms with van der Waals surface area (Å²) >= 11 is 0. The molecule has 3 aromatic rings. The van der Waals surface area contributed by atoms with Crippen LogP contribution in [0.2, 0.25) is 0 Å². The molecule has 19 heavy (non-hydrogen) atoms. The largest absolute Gasteiger partial charge is 0.419 e. The molecule has 0 saturated carbocycles. The Hall–Kier alpha value is -2.27. The first-order valence-electron chi connectivity index (χ1n) is 6.25. The second-order valence-electron chi connectivity index (χ2n) is 4.27. The molecule has 0 bridgehead atoms. The molecule has 2 heterocycles. The van der Waals surface area contributed by atoms with Crippen LogP contribution in [-0.2, 0) is 6.42 Å². The average molecular weight is 254 g/mol. The molecule has 3 rings (SSSR count). The van der Waals surface area contributed by atoms with E-state index < -0.39 is 0 Å². The SMILES string of the molecule is NCCCc1nnc(-c2nccc3ccccc23)o1. The normalized spacial score (nSPS) is 11.0. The molecule has 0 amide bonds. The number of aromatic nitrogens is 3. The van der Waals surface area contributed by atoms with Gasteiger partial charge in [0.25, 0.3) is 5.89 Å². The van der Waals surface area contributed by atoms with Crippen LogP contribution in [0, 0.1) is 0 Å². The van der Waals surface area contributed by atoms with E-state index in [1.54, 1.807) is 6.20 Å². The average Bonchev–Trinajstić information content (AvgIpc) is 2.93. The van der Waals surface area contributed by atoms with Crippen molar-refractivity contribution in [2.45, 2.75) is 12.8 Å². The van der Waals surface area contributed by atoms with Gasteiger partial charge < -0.3 is 10.2 Å². The van der Waals surface area contributed by atoms with E-state index >= 15 is 0 Å². The van der Waals surface area contributed by atoms with Crippen LogP contribution < -0.4 is 5.73 Å². The Morgan fingerprint density at radius 1 is 1.11 bits per heavy atom. The van der Waals surface area contributed by atoms with E-state index in [1.165, 1.54) is 0 Å². The maximum atomic E-state index is 5.64. The predicted octanol–water partition coefficient (Wildman–Crippen LogP) is 2.18. The van der Waals surface area contributed by atoms with Crippen LogP contribution in [0.1, 0.15) is 12.3 Å². The number of aryl methyl sites for hydroxylation is 1. The summed E-state index contributed by atoms with van der Waals surface area (Å²) in [6.07, 6.45) is 3.29. The van der Waals surface area contributed by atoms with Crippen LogP contribution in [-0.4, -0.2) is 21.7 Å². The smallest absolute Gasteiger partial charge is 0.266 e. The fourth-order valence-electron chi connectivity index (χ4n) is 1.99. The molecule has 0 atom stereocenters. The van der Waals surface area contributed by atoms with Crippen molar-refractivity contribution in [2.75, 3.05) is 6.54 Å². The number of hydrogen-bond acceptors (Lipinski definition) is 5. The van der Waals surface area contributed by atoms with Crippen molar-refractivity contribution in [3.8, 4) is 11.6 Å². The number of hydrogen-bond donors (Lipinski definition) is 1. The quantitative estimate of drug-likeness (QED) is 0.772. The summed E-state index contributed by atoms with van der Waals surface area (Å²) in [7, 11) is 0.